The van der Waals surface area contributed by atoms with E-state index in [0.29, 0.717) is 19.4 Å². The van der Waals surface area contributed by atoms with Gasteiger partial charge in [0.15, 0.2) is 0 Å². The second-order valence-electron chi connectivity index (χ2n) is 8.31. The van der Waals surface area contributed by atoms with Gasteiger partial charge in [0, 0.05) is 6.08 Å². The molecule has 0 radical (unpaired) electrons. The number of esters is 3. The maximum absolute atomic E-state index is 12.5. The van der Waals surface area contributed by atoms with E-state index >= 15 is 0 Å². The zero-order chi connectivity index (χ0) is 28.7. The lowest BCUT2D eigenvalue weighted by atomic mass is 10.2. The van der Waals surface area contributed by atoms with Gasteiger partial charge in [-0.05, 0) is 98.5 Å². The van der Waals surface area contributed by atoms with Crippen LogP contribution in [0.5, 0.6) is 23.0 Å². The van der Waals surface area contributed by atoms with E-state index in [1.807, 2.05) is 0 Å². The van der Waals surface area contributed by atoms with Crippen molar-refractivity contribution in [3.63, 3.8) is 0 Å². The molecule has 0 aliphatic rings. The molecule has 0 atom stereocenters. The van der Waals surface area contributed by atoms with E-state index in [-0.39, 0.29) is 40.7 Å². The summed E-state index contributed by atoms with van der Waals surface area (Å²) in [6.07, 6.45) is 3.21. The molecule has 10 nitrogen and oxygen atoms in total. The second-order valence-corrected chi connectivity index (χ2v) is 8.31. The van der Waals surface area contributed by atoms with Crippen LogP contribution >= 0.6 is 0 Å². The van der Waals surface area contributed by atoms with E-state index in [1.165, 1.54) is 72.8 Å². The van der Waals surface area contributed by atoms with Crippen molar-refractivity contribution in [2.45, 2.75) is 25.7 Å². The lowest BCUT2D eigenvalue weighted by molar-refractivity contribution is -0.137. The molecule has 0 saturated carbocycles. The third-order valence-corrected chi connectivity index (χ3v) is 5.31. The monoisotopic (exact) mass is 548 g/mol. The van der Waals surface area contributed by atoms with E-state index in [2.05, 4.69) is 6.58 Å². The summed E-state index contributed by atoms with van der Waals surface area (Å²) in [7, 11) is 0. The minimum atomic E-state index is -0.860. The van der Waals surface area contributed by atoms with Gasteiger partial charge in [-0.1, -0.05) is 6.58 Å². The number of hydrogen-bond acceptors (Lipinski definition) is 10. The van der Waals surface area contributed by atoms with E-state index in [9.17, 15) is 24.3 Å². The van der Waals surface area contributed by atoms with Crippen LogP contribution < -0.4 is 14.2 Å². The summed E-state index contributed by atoms with van der Waals surface area (Å²) < 4.78 is 25.6. The van der Waals surface area contributed by atoms with Gasteiger partial charge in [0.1, 0.15) is 23.0 Å². The van der Waals surface area contributed by atoms with Crippen LogP contribution in [0.25, 0.3) is 0 Å². The molecule has 0 aromatic heterocycles. The quantitative estimate of drug-likeness (QED) is 0.0940. The predicted molar refractivity (Wildman–Crippen MR) is 143 cm³/mol. The number of hydrogen-bond donors (Lipinski definition) is 1. The Bertz CT molecular complexity index is 1300. The molecule has 0 unspecified atom stereocenters. The molecule has 208 valence electrons. The first-order chi connectivity index (χ1) is 19.3. The summed E-state index contributed by atoms with van der Waals surface area (Å²) >= 11 is 0. The maximum atomic E-state index is 12.5. The Balaban J connectivity index is 1.36. The van der Waals surface area contributed by atoms with Crippen LogP contribution in [0.1, 0.15) is 46.4 Å². The summed E-state index contributed by atoms with van der Waals surface area (Å²) in [6.45, 7) is 3.83. The number of carbonyl (C=O) groups is 4. The van der Waals surface area contributed by atoms with Crippen molar-refractivity contribution in [2.24, 2.45) is 0 Å². The Morgan fingerprint density at radius 3 is 1.52 bits per heavy atom. The fraction of sp³-hybridized carbons (Fsp3) is 0.200. The molecule has 0 spiro atoms. The normalized spacial score (nSPS) is 10.2. The molecule has 40 heavy (non-hydrogen) atoms. The number of phenols is 1. The summed E-state index contributed by atoms with van der Waals surface area (Å²) in [5.41, 5.74) is 0.494. The van der Waals surface area contributed by atoms with Crippen molar-refractivity contribution >= 4 is 24.1 Å². The molecule has 0 heterocycles. The van der Waals surface area contributed by atoms with Gasteiger partial charge in [-0.3, -0.25) is 0 Å². The standard InChI is InChI=1S/C30H28O10/c1-2-27(32)36-19-5-3-4-6-20-37-30(35)40-26-13-9-22(10-14-26)29(34)39-25-17-15-24(16-18-25)38-28(33)21-7-11-23(31)12-8-21/h2,7-18,31H,1,3-6,19-20H2. The lowest BCUT2D eigenvalue weighted by Crippen LogP contribution is -2.12. The highest BCUT2D eigenvalue weighted by atomic mass is 16.7. The molecular weight excluding hydrogens is 520 g/mol. The van der Waals surface area contributed by atoms with Gasteiger partial charge < -0.3 is 28.8 Å². The summed E-state index contributed by atoms with van der Waals surface area (Å²) in [5, 5.41) is 9.31. The Morgan fingerprint density at radius 1 is 0.600 bits per heavy atom. The average Bonchev–Trinajstić information content (AvgIpc) is 2.96. The predicted octanol–water partition coefficient (Wildman–Crippen LogP) is 5.64. The topological polar surface area (TPSA) is 135 Å². The van der Waals surface area contributed by atoms with Crippen molar-refractivity contribution in [1.82, 2.24) is 0 Å². The van der Waals surface area contributed by atoms with Crippen molar-refractivity contribution in [2.75, 3.05) is 13.2 Å². The SMILES string of the molecule is C=CC(=O)OCCCCCCOC(=O)Oc1ccc(C(=O)Oc2ccc(OC(=O)c3ccc(O)cc3)cc2)cc1. The van der Waals surface area contributed by atoms with Crippen LogP contribution in [0, 0.1) is 0 Å². The van der Waals surface area contributed by atoms with Crippen LogP contribution in [0.2, 0.25) is 0 Å². The van der Waals surface area contributed by atoms with Gasteiger partial charge in [-0.25, -0.2) is 19.2 Å². The van der Waals surface area contributed by atoms with Crippen molar-refractivity contribution in [3.05, 3.63) is 96.6 Å². The van der Waals surface area contributed by atoms with Gasteiger partial charge in [0.25, 0.3) is 0 Å². The van der Waals surface area contributed by atoms with Crippen molar-refractivity contribution in [1.29, 1.82) is 0 Å². The van der Waals surface area contributed by atoms with E-state index in [1.54, 1.807) is 0 Å². The van der Waals surface area contributed by atoms with Crippen LogP contribution in [0.4, 0.5) is 4.79 Å². The van der Waals surface area contributed by atoms with Crippen LogP contribution in [0.3, 0.4) is 0 Å². The maximum Gasteiger partial charge on any atom is 0.513 e. The number of benzene rings is 3. The van der Waals surface area contributed by atoms with E-state index < -0.39 is 24.1 Å². The molecule has 3 rings (SSSR count). The molecule has 3 aromatic carbocycles. The number of phenolic OH excluding ortho intramolecular Hbond substituents is 1. The van der Waals surface area contributed by atoms with Gasteiger partial charge in [-0.2, -0.15) is 0 Å². The van der Waals surface area contributed by atoms with Crippen molar-refractivity contribution in [3.8, 4) is 23.0 Å². The third-order valence-electron chi connectivity index (χ3n) is 5.31. The Labute approximate surface area is 230 Å². The Morgan fingerprint density at radius 2 is 1.02 bits per heavy atom. The molecule has 3 aromatic rings. The highest BCUT2D eigenvalue weighted by Crippen LogP contribution is 2.21. The zero-order valence-corrected chi connectivity index (χ0v) is 21.6. The van der Waals surface area contributed by atoms with Crippen LogP contribution in [-0.4, -0.2) is 42.4 Å². The minimum absolute atomic E-state index is 0.0361. The number of unbranched alkanes of at least 4 members (excludes halogenated alkanes) is 3. The van der Waals surface area contributed by atoms with E-state index in [4.69, 9.17) is 23.7 Å². The fourth-order valence-corrected chi connectivity index (χ4v) is 3.23. The number of rotatable bonds is 13. The highest BCUT2D eigenvalue weighted by molar-refractivity contribution is 5.92. The molecule has 0 aliphatic heterocycles. The smallest absolute Gasteiger partial charge is 0.508 e. The zero-order valence-electron chi connectivity index (χ0n) is 21.6. The molecule has 0 amide bonds. The van der Waals surface area contributed by atoms with Gasteiger partial charge in [0.05, 0.1) is 24.3 Å². The van der Waals surface area contributed by atoms with Crippen LogP contribution in [-0.2, 0) is 14.3 Å². The average molecular weight is 549 g/mol. The highest BCUT2D eigenvalue weighted by Gasteiger charge is 2.12. The van der Waals surface area contributed by atoms with E-state index in [0.717, 1.165) is 18.9 Å². The molecule has 0 fully saturated rings. The van der Waals surface area contributed by atoms with Gasteiger partial charge in [-0.15, -0.1) is 0 Å². The summed E-state index contributed by atoms with van der Waals surface area (Å²) in [5.74, 6) is -0.970. The number of aromatic hydroxyl groups is 1. The first-order valence-corrected chi connectivity index (χ1v) is 12.4. The molecule has 0 bridgehead atoms. The summed E-state index contributed by atoms with van der Waals surface area (Å²) in [4.78, 5) is 47.4. The third kappa shape index (κ3) is 9.97. The number of ether oxygens (including phenoxy) is 5. The second kappa shape index (κ2) is 15.3. The van der Waals surface area contributed by atoms with Crippen molar-refractivity contribution < 1.29 is 48.0 Å². The summed E-state index contributed by atoms with van der Waals surface area (Å²) in [6, 6.07) is 17.3. The lowest BCUT2D eigenvalue weighted by Gasteiger charge is -2.08. The molecule has 0 saturated heterocycles. The minimum Gasteiger partial charge on any atom is -0.508 e. The first kappa shape index (κ1) is 29.4. The Kier molecular flexibility index (Phi) is 11.3. The molecule has 10 heteroatoms. The Hall–Kier alpha value is -5.12. The van der Waals surface area contributed by atoms with Crippen LogP contribution in [0.15, 0.2) is 85.5 Å². The molecular formula is C30H28O10. The van der Waals surface area contributed by atoms with Gasteiger partial charge >= 0.3 is 24.1 Å². The van der Waals surface area contributed by atoms with Gasteiger partial charge in [0.2, 0.25) is 0 Å². The number of carbonyl (C=O) groups excluding carboxylic acids is 4. The largest absolute Gasteiger partial charge is 0.513 e. The fourth-order valence-electron chi connectivity index (χ4n) is 3.23. The molecule has 0 aliphatic carbocycles. The first-order valence-electron chi connectivity index (χ1n) is 12.4. The molecule has 1 N–H and O–H groups in total.